The highest BCUT2D eigenvalue weighted by molar-refractivity contribution is 7.80. The summed E-state index contributed by atoms with van der Waals surface area (Å²) in [5.74, 6) is -2.19. The predicted octanol–water partition coefficient (Wildman–Crippen LogP) is 2.74. The fraction of sp³-hybridized carbons (Fsp3) is 0.200. The van der Waals surface area contributed by atoms with Crippen LogP contribution in [0, 0.1) is 21.7 Å². The number of halogens is 2. The number of hydrogen-bond donors (Lipinski definition) is 1. The van der Waals surface area contributed by atoms with Gasteiger partial charge in [-0.2, -0.15) is 17.0 Å². The summed E-state index contributed by atoms with van der Waals surface area (Å²) < 4.78 is 31.4. The highest BCUT2D eigenvalue weighted by Gasteiger charge is 2.19. The van der Waals surface area contributed by atoms with Crippen molar-refractivity contribution in [2.75, 3.05) is 12.4 Å². The molecule has 0 fully saturated rings. The average Bonchev–Trinajstić information content (AvgIpc) is 2.28. The first kappa shape index (κ1) is 13.4. The minimum absolute atomic E-state index is 0.0301. The zero-order chi connectivity index (χ0) is 13.0. The highest BCUT2D eigenvalue weighted by Crippen LogP contribution is 2.26. The van der Waals surface area contributed by atoms with Crippen molar-refractivity contribution >= 4 is 18.3 Å². The number of hydrogen-bond acceptors (Lipinski definition) is 4. The first-order chi connectivity index (χ1) is 7.95. The third-order valence-corrected chi connectivity index (χ3v) is 2.30. The summed E-state index contributed by atoms with van der Waals surface area (Å²) in [6, 6.07) is 1.12. The van der Waals surface area contributed by atoms with E-state index < -0.39 is 28.0 Å². The quantitative estimate of drug-likeness (QED) is 0.384. The van der Waals surface area contributed by atoms with Gasteiger partial charge in [-0.1, -0.05) is 6.58 Å². The molecule has 1 aromatic rings. The van der Waals surface area contributed by atoms with Crippen LogP contribution in [0.2, 0.25) is 0 Å². The predicted molar refractivity (Wildman–Crippen MR) is 61.5 cm³/mol. The molecule has 92 valence electrons. The lowest BCUT2D eigenvalue weighted by atomic mass is 10.2. The topological polar surface area (TPSA) is 52.4 Å². The summed E-state index contributed by atoms with van der Waals surface area (Å²) in [5, 5.41) is 10.3. The van der Waals surface area contributed by atoms with Gasteiger partial charge in [0, 0.05) is 11.8 Å². The van der Waals surface area contributed by atoms with Crippen molar-refractivity contribution in [1.29, 1.82) is 0 Å². The van der Waals surface area contributed by atoms with Crippen LogP contribution in [0.3, 0.4) is 0 Å². The van der Waals surface area contributed by atoms with Gasteiger partial charge in [0.1, 0.15) is 6.61 Å². The molecule has 0 saturated heterocycles. The van der Waals surface area contributed by atoms with Crippen molar-refractivity contribution in [3.05, 3.63) is 46.0 Å². The van der Waals surface area contributed by atoms with Crippen LogP contribution in [0.25, 0.3) is 0 Å². The molecule has 0 atom stereocenters. The van der Waals surface area contributed by atoms with Crippen LogP contribution in [0.15, 0.2) is 24.3 Å². The Bertz CT molecular complexity index is 465. The third kappa shape index (κ3) is 3.42. The number of nitrogens with zero attached hydrogens (tertiary/aromatic N) is 1. The molecule has 1 aromatic carbocycles. The van der Waals surface area contributed by atoms with E-state index in [1.54, 1.807) is 0 Å². The lowest BCUT2D eigenvalue weighted by Gasteiger charge is -2.07. The van der Waals surface area contributed by atoms with E-state index in [4.69, 9.17) is 4.74 Å². The molecule has 0 saturated carbocycles. The van der Waals surface area contributed by atoms with Crippen LogP contribution in [-0.2, 0) is 0 Å². The van der Waals surface area contributed by atoms with Crippen LogP contribution in [0.4, 0.5) is 14.5 Å². The molecule has 0 aromatic heterocycles. The van der Waals surface area contributed by atoms with Gasteiger partial charge in [-0.3, -0.25) is 10.1 Å². The van der Waals surface area contributed by atoms with E-state index in [2.05, 4.69) is 19.2 Å². The molecule has 17 heavy (non-hydrogen) atoms. The van der Waals surface area contributed by atoms with Crippen LogP contribution < -0.4 is 4.74 Å². The van der Waals surface area contributed by atoms with Crippen molar-refractivity contribution in [3.63, 3.8) is 0 Å². The second kappa shape index (κ2) is 5.62. The van der Waals surface area contributed by atoms with Crippen LogP contribution in [0.5, 0.6) is 5.75 Å². The summed E-state index contributed by atoms with van der Waals surface area (Å²) in [7, 11) is 0. The smallest absolute Gasteiger partial charge is 0.307 e. The number of nitro benzene ring substituents is 1. The van der Waals surface area contributed by atoms with Gasteiger partial charge >= 0.3 is 5.69 Å². The number of benzene rings is 1. The zero-order valence-corrected chi connectivity index (χ0v) is 9.55. The van der Waals surface area contributed by atoms with Crippen LogP contribution >= 0.6 is 12.6 Å². The first-order valence-electron chi connectivity index (χ1n) is 4.49. The standard InChI is InChI=1S/C10H9F2NO3S/c1-6(5-17)4-16-10-3-7(11)9(13(14)15)2-8(10)12/h2-3,17H,1,4-5H2. The molecule has 0 spiro atoms. The molecular formula is C10H9F2NO3S. The Morgan fingerprint density at radius 3 is 2.65 bits per heavy atom. The van der Waals surface area contributed by atoms with Gasteiger partial charge in [0.2, 0.25) is 5.82 Å². The van der Waals surface area contributed by atoms with E-state index in [0.29, 0.717) is 23.5 Å². The van der Waals surface area contributed by atoms with Gasteiger partial charge < -0.3 is 4.74 Å². The summed E-state index contributed by atoms with van der Waals surface area (Å²) >= 11 is 3.91. The molecule has 4 nitrogen and oxygen atoms in total. The molecular weight excluding hydrogens is 252 g/mol. The van der Waals surface area contributed by atoms with Gasteiger partial charge in [-0.25, -0.2) is 4.39 Å². The fourth-order valence-electron chi connectivity index (χ4n) is 0.994. The molecule has 0 aliphatic carbocycles. The zero-order valence-electron chi connectivity index (χ0n) is 8.65. The minimum Gasteiger partial charge on any atom is -0.486 e. The molecule has 0 amide bonds. The normalized spacial score (nSPS) is 10.1. The van der Waals surface area contributed by atoms with Crippen molar-refractivity contribution in [2.45, 2.75) is 0 Å². The summed E-state index contributed by atoms with van der Waals surface area (Å²) in [6.45, 7) is 3.53. The average molecular weight is 261 g/mol. The molecule has 0 radical (unpaired) electrons. The van der Waals surface area contributed by atoms with Gasteiger partial charge in [0.15, 0.2) is 11.6 Å². The second-order valence-electron chi connectivity index (χ2n) is 3.19. The van der Waals surface area contributed by atoms with E-state index in [1.165, 1.54) is 0 Å². The first-order valence-corrected chi connectivity index (χ1v) is 5.12. The SMILES string of the molecule is C=C(CS)COc1cc(F)c([N+](=O)[O-])cc1F. The second-order valence-corrected chi connectivity index (χ2v) is 3.50. The highest BCUT2D eigenvalue weighted by atomic mass is 32.1. The maximum Gasteiger partial charge on any atom is 0.307 e. The summed E-state index contributed by atoms with van der Waals surface area (Å²) in [6.07, 6.45) is 0. The van der Waals surface area contributed by atoms with Crippen molar-refractivity contribution in [2.24, 2.45) is 0 Å². The molecule has 0 heterocycles. The Balaban J connectivity index is 2.92. The minimum atomic E-state index is -1.15. The van der Waals surface area contributed by atoms with Gasteiger partial charge in [-0.05, 0) is 5.57 Å². The number of rotatable bonds is 5. The van der Waals surface area contributed by atoms with E-state index >= 15 is 0 Å². The van der Waals surface area contributed by atoms with E-state index in [9.17, 15) is 18.9 Å². The summed E-state index contributed by atoms with van der Waals surface area (Å²) in [5.41, 5.74) is -0.352. The Labute approximate surface area is 101 Å². The monoisotopic (exact) mass is 261 g/mol. The van der Waals surface area contributed by atoms with Crippen molar-refractivity contribution < 1.29 is 18.4 Å². The molecule has 0 aliphatic heterocycles. The maximum absolute atomic E-state index is 13.3. The van der Waals surface area contributed by atoms with Crippen molar-refractivity contribution in [3.8, 4) is 5.75 Å². The van der Waals surface area contributed by atoms with E-state index in [1.807, 2.05) is 0 Å². The van der Waals surface area contributed by atoms with Gasteiger partial charge in [-0.15, -0.1) is 0 Å². The van der Waals surface area contributed by atoms with Gasteiger partial charge in [0.05, 0.1) is 11.0 Å². The number of thiol groups is 1. The fourth-order valence-corrected chi connectivity index (χ4v) is 1.09. The molecule has 7 heteroatoms. The largest absolute Gasteiger partial charge is 0.486 e. The van der Waals surface area contributed by atoms with Crippen molar-refractivity contribution in [1.82, 2.24) is 0 Å². The molecule has 0 N–H and O–H groups in total. The Morgan fingerprint density at radius 1 is 1.47 bits per heavy atom. The molecule has 0 bridgehead atoms. The van der Waals surface area contributed by atoms with Crippen LogP contribution in [-0.4, -0.2) is 17.3 Å². The summed E-state index contributed by atoms with van der Waals surface area (Å²) in [4.78, 5) is 9.33. The Hall–Kier alpha value is -1.63. The van der Waals surface area contributed by atoms with Crippen LogP contribution in [0.1, 0.15) is 0 Å². The number of ether oxygens (including phenoxy) is 1. The molecule has 1 rings (SSSR count). The van der Waals surface area contributed by atoms with E-state index in [-0.39, 0.29) is 6.61 Å². The number of nitro groups is 1. The van der Waals surface area contributed by atoms with Gasteiger partial charge in [0.25, 0.3) is 0 Å². The Morgan fingerprint density at radius 2 is 2.12 bits per heavy atom. The lowest BCUT2D eigenvalue weighted by Crippen LogP contribution is -2.04. The Kier molecular flexibility index (Phi) is 4.45. The van der Waals surface area contributed by atoms with E-state index in [0.717, 1.165) is 0 Å². The molecule has 0 unspecified atom stereocenters. The lowest BCUT2D eigenvalue weighted by molar-refractivity contribution is -0.387. The molecule has 0 aliphatic rings. The maximum atomic E-state index is 13.3. The third-order valence-electron chi connectivity index (χ3n) is 1.85.